The number of nitrogens with zero attached hydrogens (tertiary/aromatic N) is 2. The van der Waals surface area contributed by atoms with E-state index in [0.717, 1.165) is 6.42 Å². The Bertz CT molecular complexity index is 557. The van der Waals surface area contributed by atoms with Gasteiger partial charge in [-0.2, -0.15) is 5.10 Å². The summed E-state index contributed by atoms with van der Waals surface area (Å²) in [5, 5.41) is 4.59. The van der Waals surface area contributed by atoms with Crippen LogP contribution in [0, 0.1) is 6.92 Å². The summed E-state index contributed by atoms with van der Waals surface area (Å²) in [5.74, 6) is 0.454. The molecular formula is C15H19N3. The van der Waals surface area contributed by atoms with Gasteiger partial charge in [0.15, 0.2) is 0 Å². The van der Waals surface area contributed by atoms with Crippen molar-refractivity contribution < 1.29 is 0 Å². The SMILES string of the molecule is Cc1ccccc1-n1ncc2c1C(CN)CCC2. The summed E-state index contributed by atoms with van der Waals surface area (Å²) in [6.07, 6.45) is 5.57. The zero-order chi connectivity index (χ0) is 12.5. The number of fused-ring (bicyclic) bond motifs is 1. The van der Waals surface area contributed by atoms with E-state index in [4.69, 9.17) is 5.73 Å². The van der Waals surface area contributed by atoms with Gasteiger partial charge in [0.2, 0.25) is 0 Å². The van der Waals surface area contributed by atoms with Crippen LogP contribution in [0.2, 0.25) is 0 Å². The predicted molar refractivity (Wildman–Crippen MR) is 73.0 cm³/mol. The van der Waals surface area contributed by atoms with Crippen molar-refractivity contribution in [2.45, 2.75) is 32.1 Å². The van der Waals surface area contributed by atoms with Gasteiger partial charge in [-0.25, -0.2) is 4.68 Å². The number of para-hydroxylation sites is 1. The maximum Gasteiger partial charge on any atom is 0.0678 e. The second-order valence-electron chi connectivity index (χ2n) is 5.08. The number of benzene rings is 1. The van der Waals surface area contributed by atoms with Crippen LogP contribution in [0.4, 0.5) is 0 Å². The maximum atomic E-state index is 5.92. The second kappa shape index (κ2) is 4.58. The summed E-state index contributed by atoms with van der Waals surface area (Å²) < 4.78 is 2.10. The highest BCUT2D eigenvalue weighted by atomic mass is 15.3. The largest absolute Gasteiger partial charge is 0.330 e. The summed E-state index contributed by atoms with van der Waals surface area (Å²) >= 11 is 0. The van der Waals surface area contributed by atoms with Crippen LogP contribution in [0.3, 0.4) is 0 Å². The molecule has 2 N–H and O–H groups in total. The smallest absolute Gasteiger partial charge is 0.0678 e. The number of aromatic nitrogens is 2. The first kappa shape index (κ1) is 11.5. The van der Waals surface area contributed by atoms with E-state index in [1.165, 1.54) is 35.3 Å². The summed E-state index contributed by atoms with van der Waals surface area (Å²) in [6.45, 7) is 2.84. The summed E-state index contributed by atoms with van der Waals surface area (Å²) in [5.41, 5.74) is 11.1. The van der Waals surface area contributed by atoms with E-state index in [-0.39, 0.29) is 0 Å². The van der Waals surface area contributed by atoms with Gasteiger partial charge in [0.25, 0.3) is 0 Å². The Kier molecular flexibility index (Phi) is 2.92. The third-order valence-corrected chi connectivity index (χ3v) is 3.90. The lowest BCUT2D eigenvalue weighted by Crippen LogP contribution is -2.21. The van der Waals surface area contributed by atoms with Gasteiger partial charge < -0.3 is 5.73 Å². The first-order valence-corrected chi connectivity index (χ1v) is 6.64. The number of hydrogen-bond donors (Lipinski definition) is 1. The molecule has 1 aromatic carbocycles. The minimum atomic E-state index is 0.454. The molecule has 1 atom stereocenters. The van der Waals surface area contributed by atoms with Crippen LogP contribution in [0.25, 0.3) is 5.69 Å². The molecule has 1 unspecified atom stereocenters. The van der Waals surface area contributed by atoms with Crippen LogP contribution in [-0.2, 0) is 6.42 Å². The minimum Gasteiger partial charge on any atom is -0.330 e. The van der Waals surface area contributed by atoms with E-state index >= 15 is 0 Å². The Balaban J connectivity index is 2.14. The lowest BCUT2D eigenvalue weighted by atomic mass is 9.88. The van der Waals surface area contributed by atoms with Crippen molar-refractivity contribution in [3.63, 3.8) is 0 Å². The molecule has 1 aliphatic carbocycles. The lowest BCUT2D eigenvalue weighted by Gasteiger charge is -2.23. The molecule has 2 aromatic rings. The number of hydrogen-bond acceptors (Lipinski definition) is 2. The molecule has 18 heavy (non-hydrogen) atoms. The monoisotopic (exact) mass is 241 g/mol. The van der Waals surface area contributed by atoms with Gasteiger partial charge in [-0.15, -0.1) is 0 Å². The standard InChI is InChI=1S/C15H19N3/c1-11-5-2-3-8-14(11)18-15-12(9-16)6-4-7-13(15)10-17-18/h2-3,5,8,10,12H,4,6-7,9,16H2,1H3. The highest BCUT2D eigenvalue weighted by Crippen LogP contribution is 2.32. The van der Waals surface area contributed by atoms with Gasteiger partial charge in [-0.05, 0) is 43.4 Å². The zero-order valence-corrected chi connectivity index (χ0v) is 10.8. The first-order valence-electron chi connectivity index (χ1n) is 6.64. The van der Waals surface area contributed by atoms with Crippen molar-refractivity contribution >= 4 is 0 Å². The fourth-order valence-corrected chi connectivity index (χ4v) is 2.92. The molecule has 1 aliphatic rings. The molecule has 1 heterocycles. The van der Waals surface area contributed by atoms with Crippen molar-refractivity contribution in [2.75, 3.05) is 6.54 Å². The van der Waals surface area contributed by atoms with E-state index in [2.05, 4.69) is 41.0 Å². The van der Waals surface area contributed by atoms with Crippen molar-refractivity contribution in [3.8, 4) is 5.69 Å². The topological polar surface area (TPSA) is 43.8 Å². The molecule has 0 saturated carbocycles. The van der Waals surface area contributed by atoms with Crippen molar-refractivity contribution in [3.05, 3.63) is 47.3 Å². The van der Waals surface area contributed by atoms with Gasteiger partial charge in [-0.1, -0.05) is 18.2 Å². The third-order valence-electron chi connectivity index (χ3n) is 3.90. The van der Waals surface area contributed by atoms with Crippen molar-refractivity contribution in [2.24, 2.45) is 5.73 Å². The van der Waals surface area contributed by atoms with Crippen LogP contribution in [0.1, 0.15) is 35.6 Å². The minimum absolute atomic E-state index is 0.454. The summed E-state index contributed by atoms with van der Waals surface area (Å²) in [6, 6.07) is 8.39. The molecule has 3 heteroatoms. The average molecular weight is 241 g/mol. The molecule has 1 aromatic heterocycles. The molecule has 0 fully saturated rings. The number of nitrogens with two attached hydrogens (primary N) is 1. The van der Waals surface area contributed by atoms with Gasteiger partial charge in [0.1, 0.15) is 0 Å². The van der Waals surface area contributed by atoms with E-state index in [9.17, 15) is 0 Å². The Hall–Kier alpha value is -1.61. The van der Waals surface area contributed by atoms with Gasteiger partial charge >= 0.3 is 0 Å². The predicted octanol–water partition coefficient (Wildman–Crippen LogP) is 2.56. The van der Waals surface area contributed by atoms with E-state index in [0.29, 0.717) is 12.5 Å². The summed E-state index contributed by atoms with van der Waals surface area (Å²) in [7, 11) is 0. The lowest BCUT2D eigenvalue weighted by molar-refractivity contribution is 0.534. The molecule has 0 saturated heterocycles. The van der Waals surface area contributed by atoms with E-state index in [1.54, 1.807) is 0 Å². The molecule has 0 amide bonds. The molecule has 0 radical (unpaired) electrons. The van der Waals surface area contributed by atoms with Crippen LogP contribution in [0.15, 0.2) is 30.5 Å². The van der Waals surface area contributed by atoms with Crippen LogP contribution < -0.4 is 5.73 Å². The van der Waals surface area contributed by atoms with Crippen molar-refractivity contribution in [1.82, 2.24) is 9.78 Å². The molecular weight excluding hydrogens is 222 g/mol. The molecule has 94 valence electrons. The van der Waals surface area contributed by atoms with Crippen LogP contribution in [0.5, 0.6) is 0 Å². The Labute approximate surface area is 108 Å². The Morgan fingerprint density at radius 2 is 2.22 bits per heavy atom. The molecule has 0 aliphatic heterocycles. The molecule has 3 nitrogen and oxygen atoms in total. The average Bonchev–Trinajstić information content (AvgIpc) is 2.83. The van der Waals surface area contributed by atoms with Crippen molar-refractivity contribution in [1.29, 1.82) is 0 Å². The Morgan fingerprint density at radius 1 is 1.39 bits per heavy atom. The molecule has 0 spiro atoms. The maximum absolute atomic E-state index is 5.92. The van der Waals surface area contributed by atoms with Gasteiger partial charge in [-0.3, -0.25) is 0 Å². The quantitative estimate of drug-likeness (QED) is 0.878. The van der Waals surface area contributed by atoms with Crippen LogP contribution >= 0.6 is 0 Å². The van der Waals surface area contributed by atoms with Gasteiger partial charge in [0, 0.05) is 12.5 Å². The second-order valence-corrected chi connectivity index (χ2v) is 5.08. The highest BCUT2D eigenvalue weighted by molar-refractivity contribution is 5.43. The Morgan fingerprint density at radius 3 is 3.00 bits per heavy atom. The molecule has 3 rings (SSSR count). The number of aryl methyl sites for hydroxylation is 2. The normalized spacial score (nSPS) is 18.7. The first-order chi connectivity index (χ1) is 8.81. The fraction of sp³-hybridized carbons (Fsp3) is 0.400. The third kappa shape index (κ3) is 1.75. The van der Waals surface area contributed by atoms with Gasteiger partial charge in [0.05, 0.1) is 17.6 Å². The van der Waals surface area contributed by atoms with Crippen LogP contribution in [-0.4, -0.2) is 16.3 Å². The fourth-order valence-electron chi connectivity index (χ4n) is 2.92. The summed E-state index contributed by atoms with van der Waals surface area (Å²) in [4.78, 5) is 0. The molecule has 0 bridgehead atoms. The number of rotatable bonds is 2. The van der Waals surface area contributed by atoms with E-state index in [1.807, 2.05) is 6.20 Å². The van der Waals surface area contributed by atoms with E-state index < -0.39 is 0 Å². The zero-order valence-electron chi connectivity index (χ0n) is 10.8. The highest BCUT2D eigenvalue weighted by Gasteiger charge is 2.24.